The molecule has 7 nitrogen and oxygen atoms in total. The van der Waals surface area contributed by atoms with Crippen molar-refractivity contribution in [1.29, 1.82) is 5.41 Å². The lowest BCUT2D eigenvalue weighted by Gasteiger charge is -2.41. The van der Waals surface area contributed by atoms with Crippen LogP contribution < -0.4 is 16.2 Å². The molecule has 0 aromatic heterocycles. The number of nitrogens with two attached hydrogens (primary N) is 2. The molecule has 0 spiro atoms. The Morgan fingerprint density at radius 3 is 2.38 bits per heavy atom. The van der Waals surface area contributed by atoms with E-state index in [1.165, 1.54) is 24.3 Å². The van der Waals surface area contributed by atoms with Crippen molar-refractivity contribution in [2.75, 3.05) is 20.6 Å². The monoisotopic (exact) mass is 372 g/mol. The number of rotatable bonds is 4. The van der Waals surface area contributed by atoms with Crippen molar-refractivity contribution in [3.8, 4) is 5.75 Å². The Kier molecular flexibility index (Phi) is 5.96. The predicted molar refractivity (Wildman–Crippen MR) is 93.5 cm³/mol. The summed E-state index contributed by atoms with van der Waals surface area (Å²) in [5, 5.41) is 7.73. The van der Waals surface area contributed by atoms with Gasteiger partial charge in [-0.1, -0.05) is 0 Å². The van der Waals surface area contributed by atoms with Crippen LogP contribution in [0.3, 0.4) is 0 Å². The first-order valence-electron chi connectivity index (χ1n) is 8.04. The molecular weight excluding hydrogens is 349 g/mol. The molecule has 0 aliphatic carbocycles. The minimum atomic E-state index is -4.74. The van der Waals surface area contributed by atoms with E-state index in [4.69, 9.17) is 16.9 Å². The molecular formula is C16H23F3N6O. The lowest BCUT2D eigenvalue weighted by atomic mass is 9.95. The lowest BCUT2D eigenvalue weighted by molar-refractivity contribution is -0.274. The fraction of sp³-hybridized carbons (Fsp3) is 0.500. The summed E-state index contributed by atoms with van der Waals surface area (Å²) in [5.74, 6) is -0.152. The fourth-order valence-electron chi connectivity index (χ4n) is 2.93. The zero-order chi connectivity index (χ0) is 19.5. The molecule has 1 aromatic carbocycles. The van der Waals surface area contributed by atoms with Crippen LogP contribution in [0.15, 0.2) is 29.3 Å². The number of piperidine rings is 1. The van der Waals surface area contributed by atoms with Crippen molar-refractivity contribution >= 4 is 17.5 Å². The Labute approximate surface area is 149 Å². The molecule has 0 bridgehead atoms. The third kappa shape index (κ3) is 5.25. The Morgan fingerprint density at radius 1 is 1.27 bits per heavy atom. The number of ether oxygens (including phenoxy) is 1. The first-order chi connectivity index (χ1) is 12.1. The van der Waals surface area contributed by atoms with Gasteiger partial charge in [-0.3, -0.25) is 5.41 Å². The van der Waals surface area contributed by atoms with Crippen LogP contribution in [0.25, 0.3) is 0 Å². The number of alkyl halides is 3. The molecule has 1 aromatic rings. The molecule has 2 unspecified atom stereocenters. The average molecular weight is 372 g/mol. The molecule has 1 aliphatic rings. The van der Waals surface area contributed by atoms with Crippen LogP contribution in [0.1, 0.15) is 12.8 Å². The van der Waals surface area contributed by atoms with Crippen molar-refractivity contribution in [3.05, 3.63) is 24.3 Å². The minimum Gasteiger partial charge on any atom is -0.406 e. The van der Waals surface area contributed by atoms with Crippen molar-refractivity contribution in [2.24, 2.45) is 16.5 Å². The SMILES string of the molecule is CN(C)C1CCN(C(=N)N)C(C(N)=Nc2ccc(OC(F)(F)F)cc2)C1. The summed E-state index contributed by atoms with van der Waals surface area (Å²) in [5.41, 5.74) is 12.2. The number of benzene rings is 1. The fourth-order valence-corrected chi connectivity index (χ4v) is 2.93. The van der Waals surface area contributed by atoms with E-state index >= 15 is 0 Å². The van der Waals surface area contributed by atoms with Gasteiger partial charge in [0.2, 0.25) is 0 Å². The summed E-state index contributed by atoms with van der Waals surface area (Å²) in [6.07, 6.45) is -3.24. The zero-order valence-corrected chi connectivity index (χ0v) is 14.6. The van der Waals surface area contributed by atoms with Gasteiger partial charge in [0, 0.05) is 12.6 Å². The van der Waals surface area contributed by atoms with Gasteiger partial charge >= 0.3 is 6.36 Å². The second kappa shape index (κ2) is 7.81. The Morgan fingerprint density at radius 2 is 1.88 bits per heavy atom. The molecule has 26 heavy (non-hydrogen) atoms. The molecule has 0 amide bonds. The Bertz CT molecular complexity index is 659. The van der Waals surface area contributed by atoms with Crippen LogP contribution in [-0.2, 0) is 0 Å². The van der Waals surface area contributed by atoms with E-state index in [1.54, 1.807) is 4.90 Å². The average Bonchev–Trinajstić information content (AvgIpc) is 2.54. The quantitative estimate of drug-likeness (QED) is 0.553. The minimum absolute atomic E-state index is 0.0840. The van der Waals surface area contributed by atoms with Crippen molar-refractivity contribution < 1.29 is 17.9 Å². The maximum atomic E-state index is 12.2. The van der Waals surface area contributed by atoms with Crippen molar-refractivity contribution in [3.63, 3.8) is 0 Å². The molecule has 2 rings (SSSR count). The molecule has 1 aliphatic heterocycles. The van der Waals surface area contributed by atoms with E-state index in [-0.39, 0.29) is 29.6 Å². The van der Waals surface area contributed by atoms with Crippen LogP contribution in [-0.4, -0.2) is 60.7 Å². The molecule has 1 saturated heterocycles. The molecule has 10 heteroatoms. The smallest absolute Gasteiger partial charge is 0.406 e. The van der Waals surface area contributed by atoms with E-state index in [1.807, 2.05) is 14.1 Å². The van der Waals surface area contributed by atoms with Crippen LogP contribution in [0, 0.1) is 5.41 Å². The van der Waals surface area contributed by atoms with E-state index in [0.717, 1.165) is 6.42 Å². The summed E-state index contributed by atoms with van der Waals surface area (Å²) in [6, 6.07) is 5.04. The van der Waals surface area contributed by atoms with Crippen LogP contribution in [0.4, 0.5) is 18.9 Å². The number of aliphatic imine (C=N–C) groups is 1. The molecule has 0 radical (unpaired) electrons. The largest absolute Gasteiger partial charge is 0.573 e. The van der Waals surface area contributed by atoms with Crippen molar-refractivity contribution in [1.82, 2.24) is 9.80 Å². The Balaban J connectivity index is 2.18. The van der Waals surface area contributed by atoms with Gasteiger partial charge in [0.15, 0.2) is 5.96 Å². The van der Waals surface area contributed by atoms with Gasteiger partial charge in [0.1, 0.15) is 11.6 Å². The van der Waals surface area contributed by atoms with Gasteiger partial charge < -0.3 is 26.0 Å². The van der Waals surface area contributed by atoms with Gasteiger partial charge in [-0.25, -0.2) is 4.99 Å². The highest BCUT2D eigenvalue weighted by atomic mass is 19.4. The topological polar surface area (TPSA) is 104 Å². The summed E-state index contributed by atoms with van der Waals surface area (Å²) < 4.78 is 40.4. The molecule has 144 valence electrons. The van der Waals surface area contributed by atoms with E-state index < -0.39 is 6.36 Å². The first kappa shape index (κ1) is 19.8. The van der Waals surface area contributed by atoms with Gasteiger partial charge in [-0.2, -0.15) is 0 Å². The predicted octanol–water partition coefficient (Wildman–Crippen LogP) is 1.86. The Hall–Kier alpha value is -2.49. The van der Waals surface area contributed by atoms with Gasteiger partial charge in [0.25, 0.3) is 0 Å². The third-order valence-corrected chi connectivity index (χ3v) is 4.28. The van der Waals surface area contributed by atoms with Crippen LogP contribution >= 0.6 is 0 Å². The second-order valence-corrected chi connectivity index (χ2v) is 6.31. The summed E-state index contributed by atoms with van der Waals surface area (Å²) in [4.78, 5) is 8.06. The number of nitrogens with one attached hydrogen (secondary N) is 1. The number of hydrogen-bond donors (Lipinski definition) is 3. The second-order valence-electron chi connectivity index (χ2n) is 6.31. The molecule has 0 saturated carbocycles. The van der Waals surface area contributed by atoms with Crippen LogP contribution in [0.2, 0.25) is 0 Å². The van der Waals surface area contributed by atoms with Gasteiger partial charge in [0.05, 0.1) is 11.7 Å². The number of amidine groups is 1. The normalized spacial score (nSPS) is 21.8. The number of likely N-dealkylation sites (tertiary alicyclic amines) is 1. The maximum absolute atomic E-state index is 12.2. The maximum Gasteiger partial charge on any atom is 0.573 e. The van der Waals surface area contributed by atoms with E-state index in [9.17, 15) is 13.2 Å². The zero-order valence-electron chi connectivity index (χ0n) is 14.6. The first-order valence-corrected chi connectivity index (χ1v) is 8.04. The molecule has 1 heterocycles. The molecule has 1 fully saturated rings. The third-order valence-electron chi connectivity index (χ3n) is 4.28. The standard InChI is InChI=1S/C16H23F3N6O/c1-24(2)11-7-8-25(15(21)22)13(9-11)14(20)23-10-3-5-12(6-4-10)26-16(17,18)19/h3-6,11,13H,7-9H2,1-2H3,(H2,20,23)(H3,21,22). The molecule has 5 N–H and O–H groups in total. The molecule has 2 atom stereocenters. The highest BCUT2D eigenvalue weighted by Crippen LogP contribution is 2.26. The van der Waals surface area contributed by atoms with E-state index in [2.05, 4.69) is 14.6 Å². The van der Waals surface area contributed by atoms with Gasteiger partial charge in [-0.05, 0) is 51.2 Å². The summed E-state index contributed by atoms with van der Waals surface area (Å²) in [6.45, 7) is 0.581. The van der Waals surface area contributed by atoms with Crippen molar-refractivity contribution in [2.45, 2.75) is 31.3 Å². The van der Waals surface area contributed by atoms with E-state index in [0.29, 0.717) is 18.7 Å². The highest BCUT2D eigenvalue weighted by Gasteiger charge is 2.33. The number of guanidine groups is 1. The number of hydrogen-bond acceptors (Lipinski definition) is 4. The number of halogens is 3. The van der Waals surface area contributed by atoms with Gasteiger partial charge in [-0.15, -0.1) is 13.2 Å². The number of nitrogens with zero attached hydrogens (tertiary/aromatic N) is 3. The highest BCUT2D eigenvalue weighted by molar-refractivity contribution is 5.92. The summed E-state index contributed by atoms with van der Waals surface area (Å²) >= 11 is 0. The lowest BCUT2D eigenvalue weighted by Crippen LogP contribution is -2.57. The van der Waals surface area contributed by atoms with Crippen LogP contribution in [0.5, 0.6) is 5.75 Å². The summed E-state index contributed by atoms with van der Waals surface area (Å²) in [7, 11) is 3.94.